The Balaban J connectivity index is 1.98. The molecule has 0 aromatic heterocycles. The Hall–Kier alpha value is -2.87. The molecule has 8 heteroatoms. The molecule has 0 spiro atoms. The second-order valence-corrected chi connectivity index (χ2v) is 7.86. The van der Waals surface area contributed by atoms with E-state index in [0.29, 0.717) is 23.7 Å². The van der Waals surface area contributed by atoms with Gasteiger partial charge < -0.3 is 15.4 Å². The second-order valence-electron chi connectivity index (χ2n) is 5.75. The lowest BCUT2D eigenvalue weighted by atomic mass is 10.3. The van der Waals surface area contributed by atoms with Crippen molar-refractivity contribution < 1.29 is 22.7 Å². The number of ether oxygens (including phenoxy) is 1. The summed E-state index contributed by atoms with van der Waals surface area (Å²) >= 11 is 0. The number of para-hydroxylation sites is 2. The van der Waals surface area contributed by atoms with Gasteiger partial charge in [-0.15, -0.1) is 0 Å². The molecular weight excluding hydrogens is 368 g/mol. The summed E-state index contributed by atoms with van der Waals surface area (Å²) < 4.78 is 30.2. The molecule has 0 heterocycles. The van der Waals surface area contributed by atoms with Gasteiger partial charge >= 0.3 is 0 Å². The first-order valence-electron chi connectivity index (χ1n) is 8.44. The Morgan fingerprint density at radius 2 is 1.67 bits per heavy atom. The average molecular weight is 390 g/mol. The van der Waals surface area contributed by atoms with E-state index in [4.69, 9.17) is 4.74 Å². The van der Waals surface area contributed by atoms with Crippen molar-refractivity contribution in [1.82, 2.24) is 0 Å². The van der Waals surface area contributed by atoms with Crippen molar-refractivity contribution in [1.29, 1.82) is 0 Å². The van der Waals surface area contributed by atoms with E-state index < -0.39 is 15.7 Å². The number of sulfone groups is 1. The lowest BCUT2D eigenvalue weighted by Gasteiger charge is -2.11. The van der Waals surface area contributed by atoms with Crippen LogP contribution in [0, 0.1) is 0 Å². The Morgan fingerprint density at radius 3 is 2.30 bits per heavy atom. The zero-order valence-electron chi connectivity index (χ0n) is 15.2. The SMILES string of the molecule is CCOc1ccccc1NC(=O)CCS(=O)(=O)c1ccc(NC(C)=O)cc1. The topological polar surface area (TPSA) is 102 Å². The van der Waals surface area contributed by atoms with Gasteiger partial charge in [-0.25, -0.2) is 8.42 Å². The summed E-state index contributed by atoms with van der Waals surface area (Å²) in [6.07, 6.45) is -0.184. The fourth-order valence-corrected chi connectivity index (χ4v) is 3.60. The van der Waals surface area contributed by atoms with E-state index in [0.717, 1.165) is 0 Å². The lowest BCUT2D eigenvalue weighted by Crippen LogP contribution is -2.18. The summed E-state index contributed by atoms with van der Waals surface area (Å²) in [6.45, 7) is 3.66. The Bertz CT molecular complexity index is 908. The third-order valence-corrected chi connectivity index (χ3v) is 5.32. The van der Waals surface area contributed by atoms with Crippen molar-refractivity contribution in [3.8, 4) is 5.75 Å². The predicted octanol–water partition coefficient (Wildman–Crippen LogP) is 2.85. The minimum absolute atomic E-state index is 0.0964. The Kier molecular flexibility index (Phi) is 6.95. The van der Waals surface area contributed by atoms with Gasteiger partial charge in [-0.1, -0.05) is 12.1 Å². The molecule has 2 aromatic rings. The van der Waals surface area contributed by atoms with Crippen LogP contribution in [0.25, 0.3) is 0 Å². The number of rotatable bonds is 8. The van der Waals surface area contributed by atoms with E-state index in [2.05, 4.69) is 10.6 Å². The summed E-state index contributed by atoms with van der Waals surface area (Å²) in [4.78, 5) is 23.2. The van der Waals surface area contributed by atoms with E-state index >= 15 is 0 Å². The number of carbonyl (C=O) groups is 2. The number of anilines is 2. The number of benzene rings is 2. The molecule has 144 valence electrons. The standard InChI is InChI=1S/C19H22N2O5S/c1-3-26-18-7-5-4-6-17(18)21-19(23)12-13-27(24,25)16-10-8-15(9-11-16)20-14(2)22/h4-11H,3,12-13H2,1-2H3,(H,20,22)(H,21,23). The molecule has 7 nitrogen and oxygen atoms in total. The maximum absolute atomic E-state index is 12.4. The van der Waals surface area contributed by atoms with E-state index in [1.807, 2.05) is 6.92 Å². The monoisotopic (exact) mass is 390 g/mol. The van der Waals surface area contributed by atoms with Crippen LogP contribution in [0.1, 0.15) is 20.3 Å². The van der Waals surface area contributed by atoms with Crippen LogP contribution in [0.15, 0.2) is 53.4 Å². The van der Waals surface area contributed by atoms with Gasteiger partial charge in [0.25, 0.3) is 0 Å². The molecule has 0 saturated carbocycles. The minimum Gasteiger partial charge on any atom is -0.492 e. The van der Waals surface area contributed by atoms with Crippen molar-refractivity contribution in [2.24, 2.45) is 0 Å². The van der Waals surface area contributed by atoms with Gasteiger partial charge in [0.2, 0.25) is 11.8 Å². The first kappa shape index (κ1) is 20.4. The second kappa shape index (κ2) is 9.18. The molecule has 0 saturated heterocycles. The van der Waals surface area contributed by atoms with Crippen LogP contribution >= 0.6 is 0 Å². The van der Waals surface area contributed by atoms with Gasteiger partial charge in [-0.3, -0.25) is 9.59 Å². The third-order valence-electron chi connectivity index (χ3n) is 3.59. The Labute approximate surface area is 158 Å². The van der Waals surface area contributed by atoms with Gasteiger partial charge in [0.15, 0.2) is 9.84 Å². The summed E-state index contributed by atoms with van der Waals surface area (Å²) in [7, 11) is -3.62. The molecular formula is C19H22N2O5S. The molecule has 0 aliphatic rings. The van der Waals surface area contributed by atoms with Crippen molar-refractivity contribution in [3.05, 3.63) is 48.5 Å². The van der Waals surface area contributed by atoms with E-state index in [1.165, 1.54) is 31.2 Å². The van der Waals surface area contributed by atoms with E-state index in [1.54, 1.807) is 24.3 Å². The molecule has 2 amide bonds. The van der Waals surface area contributed by atoms with Crippen molar-refractivity contribution >= 4 is 33.0 Å². The molecule has 0 fully saturated rings. The first-order valence-corrected chi connectivity index (χ1v) is 10.1. The summed E-state index contributed by atoms with van der Waals surface area (Å²) in [5.74, 6) is -0.449. The van der Waals surface area contributed by atoms with Crippen LogP contribution in [0.2, 0.25) is 0 Å². The zero-order valence-corrected chi connectivity index (χ0v) is 16.0. The lowest BCUT2D eigenvalue weighted by molar-refractivity contribution is -0.116. The van der Waals surface area contributed by atoms with Crippen LogP contribution in [-0.2, 0) is 19.4 Å². The number of hydrogen-bond donors (Lipinski definition) is 2. The molecule has 0 radical (unpaired) electrons. The molecule has 0 aliphatic heterocycles. The molecule has 0 atom stereocenters. The van der Waals surface area contributed by atoms with Gasteiger partial charge in [0.1, 0.15) is 5.75 Å². The van der Waals surface area contributed by atoms with E-state index in [9.17, 15) is 18.0 Å². The maximum atomic E-state index is 12.4. The summed E-state index contributed by atoms with van der Waals surface area (Å²) in [5, 5.41) is 5.24. The van der Waals surface area contributed by atoms with Crippen LogP contribution < -0.4 is 15.4 Å². The van der Waals surface area contributed by atoms with Crippen LogP contribution in [0.3, 0.4) is 0 Å². The normalized spacial score (nSPS) is 10.9. The average Bonchev–Trinajstić information content (AvgIpc) is 2.62. The van der Waals surface area contributed by atoms with Crippen molar-refractivity contribution in [2.75, 3.05) is 23.0 Å². The largest absolute Gasteiger partial charge is 0.492 e. The predicted molar refractivity (Wildman–Crippen MR) is 104 cm³/mol. The van der Waals surface area contributed by atoms with E-state index in [-0.39, 0.29) is 23.0 Å². The fourth-order valence-electron chi connectivity index (χ4n) is 2.36. The number of amides is 2. The first-order chi connectivity index (χ1) is 12.8. The number of hydrogen-bond acceptors (Lipinski definition) is 5. The minimum atomic E-state index is -3.62. The van der Waals surface area contributed by atoms with Crippen LogP contribution in [-0.4, -0.2) is 32.6 Å². The number of nitrogens with one attached hydrogen (secondary N) is 2. The highest BCUT2D eigenvalue weighted by molar-refractivity contribution is 7.91. The van der Waals surface area contributed by atoms with Crippen molar-refractivity contribution in [2.45, 2.75) is 25.2 Å². The van der Waals surface area contributed by atoms with Gasteiger partial charge in [0, 0.05) is 19.0 Å². The summed E-state index contributed by atoms with van der Waals surface area (Å²) in [6, 6.07) is 12.8. The van der Waals surface area contributed by atoms with Crippen molar-refractivity contribution in [3.63, 3.8) is 0 Å². The third kappa shape index (κ3) is 6.10. The molecule has 2 aromatic carbocycles. The molecule has 0 aliphatic carbocycles. The fraction of sp³-hybridized carbons (Fsp3) is 0.263. The van der Waals surface area contributed by atoms with Gasteiger partial charge in [-0.2, -0.15) is 0 Å². The molecule has 2 N–H and O–H groups in total. The number of carbonyl (C=O) groups excluding carboxylic acids is 2. The highest BCUT2D eigenvalue weighted by atomic mass is 32.2. The highest BCUT2D eigenvalue weighted by Crippen LogP contribution is 2.24. The highest BCUT2D eigenvalue weighted by Gasteiger charge is 2.17. The molecule has 0 unspecified atom stereocenters. The van der Waals surface area contributed by atoms with Crippen LogP contribution in [0.4, 0.5) is 11.4 Å². The summed E-state index contributed by atoms with van der Waals surface area (Å²) in [5.41, 5.74) is 1.01. The smallest absolute Gasteiger partial charge is 0.225 e. The molecule has 0 bridgehead atoms. The van der Waals surface area contributed by atoms with Crippen LogP contribution in [0.5, 0.6) is 5.75 Å². The molecule has 2 rings (SSSR count). The maximum Gasteiger partial charge on any atom is 0.225 e. The molecule has 27 heavy (non-hydrogen) atoms. The van der Waals surface area contributed by atoms with Gasteiger partial charge in [-0.05, 0) is 43.3 Å². The Morgan fingerprint density at radius 1 is 1.00 bits per heavy atom. The van der Waals surface area contributed by atoms with Gasteiger partial charge in [0.05, 0.1) is 22.9 Å². The zero-order chi connectivity index (χ0) is 19.9. The quantitative estimate of drug-likeness (QED) is 0.722.